The van der Waals surface area contributed by atoms with Gasteiger partial charge in [0, 0.05) is 18.5 Å². The van der Waals surface area contributed by atoms with Gasteiger partial charge in [-0.2, -0.15) is 15.1 Å². The number of hydrogen-bond donors (Lipinski definition) is 1. The number of amides is 1. The number of aromatic nitrogens is 2. The fourth-order valence-corrected chi connectivity index (χ4v) is 6.62. The van der Waals surface area contributed by atoms with Gasteiger partial charge < -0.3 is 19.5 Å². The number of benzene rings is 2. The third-order valence-corrected chi connectivity index (χ3v) is 11.1. The summed E-state index contributed by atoms with van der Waals surface area (Å²) in [7, 11) is -0.968. The van der Waals surface area contributed by atoms with E-state index in [2.05, 4.69) is 43.3 Å². The van der Waals surface area contributed by atoms with Gasteiger partial charge in [0.05, 0.1) is 12.1 Å². The van der Waals surface area contributed by atoms with E-state index in [0.717, 1.165) is 71.0 Å². The Kier molecular flexibility index (Phi) is 10.6. The van der Waals surface area contributed by atoms with Gasteiger partial charge in [-0.05, 0) is 77.9 Å². The molecule has 2 heterocycles. The third-order valence-electron chi connectivity index (χ3n) is 7.22. The monoisotopic (exact) mass is 551 g/mol. The van der Waals surface area contributed by atoms with E-state index in [-0.39, 0.29) is 12.8 Å². The molecule has 1 aliphatic rings. The van der Waals surface area contributed by atoms with Crippen molar-refractivity contribution in [2.75, 3.05) is 37.0 Å². The van der Waals surface area contributed by atoms with Gasteiger partial charge in [0.1, 0.15) is 18.1 Å². The number of nitrogens with zero attached hydrogens (tertiary/aromatic N) is 2. The van der Waals surface area contributed by atoms with Crippen molar-refractivity contribution in [3.63, 3.8) is 0 Å². The number of hydrogen-bond acceptors (Lipinski definition) is 5. The smallest absolute Gasteiger partial charge is 0.407 e. The van der Waals surface area contributed by atoms with Crippen LogP contribution >= 0.6 is 10.0 Å². The van der Waals surface area contributed by atoms with Crippen LogP contribution in [0.3, 0.4) is 0 Å². The fourth-order valence-electron chi connectivity index (χ4n) is 4.65. The normalized spacial score (nSPS) is 15.8. The van der Waals surface area contributed by atoms with Gasteiger partial charge in [0.2, 0.25) is 0 Å². The molecule has 1 aliphatic heterocycles. The zero-order valence-corrected chi connectivity index (χ0v) is 24.2. The molecule has 3 aromatic rings. The summed E-state index contributed by atoms with van der Waals surface area (Å²) in [5.74, 6) is 7.52. The van der Waals surface area contributed by atoms with Gasteiger partial charge in [-0.1, -0.05) is 51.1 Å². The minimum Gasteiger partial charge on any atom is -0.494 e. The van der Waals surface area contributed by atoms with Crippen molar-refractivity contribution in [1.29, 1.82) is 0 Å². The Bertz CT molecular complexity index is 1260. The average molecular weight is 552 g/mol. The van der Waals surface area contributed by atoms with Crippen LogP contribution in [0.5, 0.6) is 5.75 Å². The molecule has 0 spiro atoms. The lowest BCUT2D eigenvalue weighted by molar-refractivity contribution is -0.0367. The molecule has 1 aromatic heterocycles. The van der Waals surface area contributed by atoms with Gasteiger partial charge in [0.15, 0.2) is 6.23 Å². The minimum absolute atomic E-state index is 0.0584. The van der Waals surface area contributed by atoms with Crippen molar-refractivity contribution in [1.82, 2.24) is 15.1 Å². The van der Waals surface area contributed by atoms with Crippen molar-refractivity contribution < 1.29 is 19.0 Å². The van der Waals surface area contributed by atoms with Crippen molar-refractivity contribution >= 4 is 27.0 Å². The molecule has 4 rings (SSSR count). The zero-order chi connectivity index (χ0) is 27.5. The molecule has 0 radical (unpaired) electrons. The Morgan fingerprint density at radius 1 is 1.13 bits per heavy atom. The Morgan fingerprint density at radius 3 is 2.64 bits per heavy atom. The predicted molar refractivity (Wildman–Crippen MR) is 159 cm³/mol. The number of fused-ring (bicyclic) bond motifs is 1. The lowest BCUT2D eigenvalue weighted by atomic mass is 10.1. The Morgan fingerprint density at radius 2 is 1.92 bits per heavy atom. The van der Waals surface area contributed by atoms with Crippen molar-refractivity contribution in [2.24, 2.45) is 0 Å². The number of nitrogens with one attached hydrogen (secondary N) is 1. The van der Waals surface area contributed by atoms with Crippen LogP contribution in [-0.2, 0) is 16.1 Å². The summed E-state index contributed by atoms with van der Waals surface area (Å²) in [6.45, 7) is 8.69. The summed E-state index contributed by atoms with van der Waals surface area (Å²) in [5, 5.41) is 12.4. The second-order valence-corrected chi connectivity index (χ2v) is 13.6. The van der Waals surface area contributed by atoms with Gasteiger partial charge in [-0.25, -0.2) is 9.48 Å². The molecule has 1 N–H and O–H groups in total. The number of rotatable bonds is 11. The topological polar surface area (TPSA) is 74.6 Å². The van der Waals surface area contributed by atoms with Crippen LogP contribution < -0.4 is 10.1 Å². The number of carbonyl (C=O) groups excluding carboxylic acids is 1. The highest BCUT2D eigenvalue weighted by Gasteiger charge is 2.21. The molecule has 7 nitrogen and oxygen atoms in total. The number of ether oxygens (including phenoxy) is 3. The largest absolute Gasteiger partial charge is 0.494 e. The highest BCUT2D eigenvalue weighted by atomic mass is 32.3. The van der Waals surface area contributed by atoms with Crippen LogP contribution in [0.2, 0.25) is 0 Å². The molecular weight excluding hydrogens is 510 g/mol. The van der Waals surface area contributed by atoms with Crippen molar-refractivity contribution in [3.8, 4) is 16.9 Å². The molecule has 0 bridgehead atoms. The molecule has 8 heteroatoms. The maximum atomic E-state index is 12.0. The maximum Gasteiger partial charge on any atom is 0.407 e. The molecule has 0 saturated carbocycles. The molecule has 210 valence electrons. The molecule has 1 fully saturated rings. The number of carbonyl (C=O) groups is 1. The second kappa shape index (κ2) is 14.3. The summed E-state index contributed by atoms with van der Waals surface area (Å²) in [4.78, 5) is 12.0. The maximum absolute atomic E-state index is 12.0. The first kappa shape index (κ1) is 28.8. The zero-order valence-electron chi connectivity index (χ0n) is 23.4. The minimum atomic E-state index is -0.968. The second-order valence-electron chi connectivity index (χ2n) is 9.62. The first-order valence-electron chi connectivity index (χ1n) is 14.1. The first-order chi connectivity index (χ1) is 19.1. The first-order valence-corrected chi connectivity index (χ1v) is 16.2. The lowest BCUT2D eigenvalue weighted by Gasteiger charge is -2.30. The standard InChI is InChI=1S/C31H41N3O4S/c1-4-39(5-2,6-3)22-18-28-27-23-26(16-17-29(27)34(33-28)30-15-10-11-20-37-30)36-21-12-19-32-31(35)38-24-25-13-8-7-9-14-25/h7-9,13-14,16-17,23,30H,4-6,10-12,15,19-21,24H2,1-3H3,(H,32,35). The third kappa shape index (κ3) is 7.71. The molecule has 2 aromatic carbocycles. The van der Waals surface area contributed by atoms with E-state index in [1.807, 2.05) is 47.1 Å². The predicted octanol–water partition coefficient (Wildman–Crippen LogP) is 6.60. The highest BCUT2D eigenvalue weighted by Crippen LogP contribution is 2.45. The molecular formula is C31H41N3O4S. The van der Waals surface area contributed by atoms with Crippen LogP contribution in [0.25, 0.3) is 10.9 Å². The van der Waals surface area contributed by atoms with Crippen LogP contribution in [0.4, 0.5) is 4.79 Å². The van der Waals surface area contributed by atoms with Crippen LogP contribution in [0.15, 0.2) is 48.5 Å². The van der Waals surface area contributed by atoms with Gasteiger partial charge in [-0.3, -0.25) is 0 Å². The lowest BCUT2D eigenvalue weighted by Crippen LogP contribution is -2.26. The van der Waals surface area contributed by atoms with E-state index in [0.29, 0.717) is 19.6 Å². The Balaban J connectivity index is 1.40. The molecule has 1 unspecified atom stereocenters. The summed E-state index contributed by atoms with van der Waals surface area (Å²) < 4.78 is 19.4. The quantitative estimate of drug-likeness (QED) is 0.215. The van der Waals surface area contributed by atoms with Gasteiger partial charge in [0.25, 0.3) is 0 Å². The van der Waals surface area contributed by atoms with Crippen molar-refractivity contribution in [3.05, 3.63) is 59.8 Å². The molecule has 0 aliphatic carbocycles. The molecule has 39 heavy (non-hydrogen) atoms. The van der Waals surface area contributed by atoms with Crippen LogP contribution in [-0.4, -0.2) is 52.9 Å². The van der Waals surface area contributed by atoms with Crippen molar-refractivity contribution in [2.45, 2.75) is 59.3 Å². The molecule has 1 atom stereocenters. The SMILES string of the molecule is CCS(C#Cc1nn(C2CCCCO2)c2ccc(OCCCNC(=O)OCc3ccccc3)cc12)(CC)CC. The number of alkyl carbamates (subject to hydrolysis) is 1. The van der Waals surface area contributed by atoms with Gasteiger partial charge >= 0.3 is 6.09 Å². The highest BCUT2D eigenvalue weighted by molar-refractivity contribution is 8.37. The summed E-state index contributed by atoms with van der Waals surface area (Å²) in [6, 6.07) is 15.7. The van der Waals surface area contributed by atoms with Crippen LogP contribution in [0, 0.1) is 11.2 Å². The Hall–Kier alpha value is -3.15. The fraction of sp³-hybridized carbons (Fsp3) is 0.484. The van der Waals surface area contributed by atoms with E-state index in [9.17, 15) is 4.79 Å². The van der Waals surface area contributed by atoms with E-state index in [4.69, 9.17) is 19.3 Å². The van der Waals surface area contributed by atoms with Crippen LogP contribution in [0.1, 0.15) is 63.9 Å². The van der Waals surface area contributed by atoms with Gasteiger partial charge in [-0.15, -0.1) is 0 Å². The summed E-state index contributed by atoms with van der Waals surface area (Å²) in [5.41, 5.74) is 2.77. The van der Waals surface area contributed by atoms with E-state index in [1.165, 1.54) is 0 Å². The average Bonchev–Trinajstić information content (AvgIpc) is 3.36. The molecule has 1 saturated heterocycles. The van der Waals surface area contributed by atoms with E-state index in [1.54, 1.807) is 0 Å². The summed E-state index contributed by atoms with van der Waals surface area (Å²) >= 11 is 0. The molecule has 1 amide bonds. The summed E-state index contributed by atoms with van der Waals surface area (Å²) in [6.07, 6.45) is 3.36. The van der Waals surface area contributed by atoms with E-state index >= 15 is 0 Å². The van der Waals surface area contributed by atoms with E-state index < -0.39 is 16.1 Å². The Labute approximate surface area is 233 Å².